The number of aldehydes is 1. The molecule has 0 aliphatic heterocycles. The third-order valence-electron chi connectivity index (χ3n) is 1.92. The van der Waals surface area contributed by atoms with Crippen LogP contribution in [0.2, 0.25) is 0 Å². The average Bonchev–Trinajstić information content (AvgIpc) is 2.26. The molecule has 0 bridgehead atoms. The summed E-state index contributed by atoms with van der Waals surface area (Å²) in [4.78, 5) is 10.9. The van der Waals surface area contributed by atoms with Gasteiger partial charge in [0.05, 0.1) is 10.6 Å². The van der Waals surface area contributed by atoms with E-state index in [0.29, 0.717) is 18.3 Å². The summed E-state index contributed by atoms with van der Waals surface area (Å²) in [6, 6.07) is 0. The van der Waals surface area contributed by atoms with E-state index in [4.69, 9.17) is 11.6 Å². The van der Waals surface area contributed by atoms with Crippen molar-refractivity contribution < 1.29 is 9.18 Å². The molecule has 0 heterocycles. The molecule has 0 aliphatic carbocycles. The van der Waals surface area contributed by atoms with Gasteiger partial charge in [-0.25, -0.2) is 4.39 Å². The Hall–Kier alpha value is -1.15. The molecular formula is C13H16ClFO. The van der Waals surface area contributed by atoms with Gasteiger partial charge in [0.1, 0.15) is 5.83 Å². The zero-order valence-electron chi connectivity index (χ0n) is 9.59. The summed E-state index contributed by atoms with van der Waals surface area (Å²) in [5.41, 5.74) is 0.585. The Kier molecular flexibility index (Phi) is 7.48. The number of carbonyl (C=O) groups excluding carboxylic acids is 1. The molecular weight excluding hydrogens is 227 g/mol. The van der Waals surface area contributed by atoms with Crippen molar-refractivity contribution in [1.29, 1.82) is 0 Å². The van der Waals surface area contributed by atoms with E-state index >= 15 is 0 Å². The van der Waals surface area contributed by atoms with Crippen LogP contribution in [0.25, 0.3) is 0 Å². The summed E-state index contributed by atoms with van der Waals surface area (Å²) in [6.45, 7) is 6.95. The first kappa shape index (κ1) is 14.8. The van der Waals surface area contributed by atoms with Crippen LogP contribution >= 0.6 is 11.6 Å². The van der Waals surface area contributed by atoms with E-state index in [9.17, 15) is 9.18 Å². The molecule has 0 unspecified atom stereocenters. The molecule has 0 aromatic carbocycles. The van der Waals surface area contributed by atoms with Crippen LogP contribution in [0.15, 0.2) is 46.8 Å². The van der Waals surface area contributed by atoms with Crippen LogP contribution in [-0.4, -0.2) is 6.29 Å². The van der Waals surface area contributed by atoms with E-state index in [2.05, 4.69) is 6.58 Å². The topological polar surface area (TPSA) is 17.1 Å². The van der Waals surface area contributed by atoms with Crippen molar-refractivity contribution in [1.82, 2.24) is 0 Å². The monoisotopic (exact) mass is 242 g/mol. The fourth-order valence-corrected chi connectivity index (χ4v) is 1.24. The van der Waals surface area contributed by atoms with Gasteiger partial charge in [-0.15, -0.1) is 6.58 Å². The largest absolute Gasteiger partial charge is 0.298 e. The molecule has 0 saturated heterocycles. The van der Waals surface area contributed by atoms with E-state index in [1.54, 1.807) is 12.2 Å². The summed E-state index contributed by atoms with van der Waals surface area (Å²) in [7, 11) is 0. The van der Waals surface area contributed by atoms with Gasteiger partial charge >= 0.3 is 0 Å². The maximum Gasteiger partial charge on any atom is 0.153 e. The third-order valence-corrected chi connectivity index (χ3v) is 2.09. The average molecular weight is 243 g/mol. The summed E-state index contributed by atoms with van der Waals surface area (Å²) < 4.78 is 13.6. The van der Waals surface area contributed by atoms with Crippen molar-refractivity contribution in [3.05, 3.63) is 46.8 Å². The molecule has 0 radical (unpaired) electrons. The molecule has 0 atom stereocenters. The zero-order chi connectivity index (χ0) is 12.6. The van der Waals surface area contributed by atoms with Crippen LogP contribution in [0.4, 0.5) is 4.39 Å². The van der Waals surface area contributed by atoms with Crippen molar-refractivity contribution in [2.24, 2.45) is 0 Å². The standard InChI is InChI=1S/C13H16ClFO/c1-4-6-8-11(7-5-2)12(9-16)13(15)10(3)14/h5-6,8-9H,2,4,7H2,1,3H3/b8-6+,12-11-,13-10-. The Morgan fingerprint density at radius 3 is 2.50 bits per heavy atom. The smallest absolute Gasteiger partial charge is 0.153 e. The summed E-state index contributed by atoms with van der Waals surface area (Å²) in [6.07, 6.45) is 6.94. The van der Waals surface area contributed by atoms with Gasteiger partial charge < -0.3 is 0 Å². The first-order chi connectivity index (χ1) is 7.58. The Morgan fingerprint density at radius 2 is 2.12 bits per heavy atom. The van der Waals surface area contributed by atoms with Crippen LogP contribution in [-0.2, 0) is 4.79 Å². The van der Waals surface area contributed by atoms with Gasteiger partial charge in [0.2, 0.25) is 0 Å². The second-order valence-corrected chi connectivity index (χ2v) is 3.77. The lowest BCUT2D eigenvalue weighted by Crippen LogP contribution is -1.94. The van der Waals surface area contributed by atoms with E-state index in [1.807, 2.05) is 13.0 Å². The molecule has 3 heteroatoms. The normalized spacial score (nSPS) is 14.5. The van der Waals surface area contributed by atoms with Crippen molar-refractivity contribution in [2.75, 3.05) is 0 Å². The van der Waals surface area contributed by atoms with Crippen LogP contribution in [0, 0.1) is 0 Å². The fraction of sp³-hybridized carbons (Fsp3) is 0.308. The van der Waals surface area contributed by atoms with Crippen LogP contribution in [0.1, 0.15) is 26.7 Å². The predicted molar refractivity (Wildman–Crippen MR) is 67.0 cm³/mol. The minimum atomic E-state index is -0.672. The van der Waals surface area contributed by atoms with Gasteiger partial charge in [0.15, 0.2) is 6.29 Å². The Bertz CT molecular complexity index is 347. The molecule has 1 nitrogen and oxygen atoms in total. The maximum atomic E-state index is 13.6. The number of hydrogen-bond donors (Lipinski definition) is 0. The lowest BCUT2D eigenvalue weighted by atomic mass is 10.0. The second kappa shape index (κ2) is 8.05. The van der Waals surface area contributed by atoms with Crippen LogP contribution < -0.4 is 0 Å². The molecule has 0 aromatic heterocycles. The van der Waals surface area contributed by atoms with E-state index in [0.717, 1.165) is 6.42 Å². The minimum absolute atomic E-state index is 0.00269. The van der Waals surface area contributed by atoms with Gasteiger partial charge in [-0.2, -0.15) is 0 Å². The van der Waals surface area contributed by atoms with Crippen molar-refractivity contribution >= 4 is 17.9 Å². The quantitative estimate of drug-likeness (QED) is 0.291. The second-order valence-electron chi connectivity index (χ2n) is 3.21. The molecule has 0 rings (SSSR count). The summed E-state index contributed by atoms with van der Waals surface area (Å²) in [5, 5.41) is -0.0199. The fourth-order valence-electron chi connectivity index (χ4n) is 1.14. The van der Waals surface area contributed by atoms with E-state index in [-0.39, 0.29) is 10.6 Å². The van der Waals surface area contributed by atoms with E-state index in [1.165, 1.54) is 6.92 Å². The highest BCUT2D eigenvalue weighted by Gasteiger charge is 2.10. The highest BCUT2D eigenvalue weighted by Crippen LogP contribution is 2.23. The molecule has 0 N–H and O–H groups in total. The van der Waals surface area contributed by atoms with Crippen molar-refractivity contribution in [3.8, 4) is 0 Å². The van der Waals surface area contributed by atoms with Crippen LogP contribution in [0.3, 0.4) is 0 Å². The lowest BCUT2D eigenvalue weighted by molar-refractivity contribution is -0.104. The molecule has 0 amide bonds. The molecule has 88 valence electrons. The zero-order valence-corrected chi connectivity index (χ0v) is 10.4. The van der Waals surface area contributed by atoms with Gasteiger partial charge in [0, 0.05) is 0 Å². The molecule has 0 aliphatic rings. The van der Waals surface area contributed by atoms with Gasteiger partial charge in [0.25, 0.3) is 0 Å². The minimum Gasteiger partial charge on any atom is -0.298 e. The number of hydrogen-bond acceptors (Lipinski definition) is 1. The summed E-state index contributed by atoms with van der Waals surface area (Å²) in [5.74, 6) is -0.672. The molecule has 0 aromatic rings. The summed E-state index contributed by atoms with van der Waals surface area (Å²) >= 11 is 5.54. The van der Waals surface area contributed by atoms with Gasteiger partial charge in [-0.1, -0.05) is 36.8 Å². The Balaban J connectivity index is 5.49. The first-order valence-electron chi connectivity index (χ1n) is 5.06. The van der Waals surface area contributed by atoms with Crippen molar-refractivity contribution in [3.63, 3.8) is 0 Å². The number of halogens is 2. The molecule has 0 spiro atoms. The van der Waals surface area contributed by atoms with Gasteiger partial charge in [-0.3, -0.25) is 4.79 Å². The lowest BCUT2D eigenvalue weighted by Gasteiger charge is -2.04. The highest BCUT2D eigenvalue weighted by atomic mass is 35.5. The molecule has 0 saturated carbocycles. The Labute approximate surface area is 101 Å². The van der Waals surface area contributed by atoms with E-state index < -0.39 is 5.83 Å². The predicted octanol–water partition coefficient (Wildman–Crippen LogP) is 4.46. The first-order valence-corrected chi connectivity index (χ1v) is 5.44. The van der Waals surface area contributed by atoms with Crippen molar-refractivity contribution in [2.45, 2.75) is 26.7 Å². The highest BCUT2D eigenvalue weighted by molar-refractivity contribution is 6.30. The number of carbonyl (C=O) groups is 1. The molecule has 16 heavy (non-hydrogen) atoms. The number of rotatable bonds is 6. The maximum absolute atomic E-state index is 13.6. The Morgan fingerprint density at radius 1 is 1.50 bits per heavy atom. The molecule has 0 fully saturated rings. The van der Waals surface area contributed by atoms with Gasteiger partial charge in [-0.05, 0) is 25.3 Å². The van der Waals surface area contributed by atoms with Crippen LogP contribution in [0.5, 0.6) is 0 Å². The SMILES string of the molecule is C=CCC(/C=C/CC)=C(C=O)/C(F)=C(\C)Cl. The number of allylic oxidation sites excluding steroid dienone is 7. The third kappa shape index (κ3) is 4.58.